The first-order valence-electron chi connectivity index (χ1n) is 13.3. The summed E-state index contributed by atoms with van der Waals surface area (Å²) >= 11 is 6.41. The van der Waals surface area contributed by atoms with E-state index in [1.807, 2.05) is 42.5 Å². The number of para-hydroxylation sites is 1. The van der Waals surface area contributed by atoms with Crippen LogP contribution in [0.1, 0.15) is 12.8 Å². The summed E-state index contributed by atoms with van der Waals surface area (Å²) in [5.41, 5.74) is 3.48. The summed E-state index contributed by atoms with van der Waals surface area (Å²) in [6, 6.07) is 13.2. The van der Waals surface area contributed by atoms with Crippen LogP contribution in [0.5, 0.6) is 0 Å². The lowest BCUT2D eigenvalue weighted by Crippen LogP contribution is -2.58. The van der Waals surface area contributed by atoms with Crippen LogP contribution >= 0.6 is 31.1 Å². The van der Waals surface area contributed by atoms with Crippen LogP contribution in [0, 0.1) is 5.41 Å². The highest BCUT2D eigenvalue weighted by molar-refractivity contribution is 7.70. The van der Waals surface area contributed by atoms with E-state index < -0.39 is 7.14 Å². The number of halogens is 2. The molecule has 3 N–H and O–H groups in total. The van der Waals surface area contributed by atoms with E-state index in [9.17, 15) is 9.36 Å². The maximum absolute atomic E-state index is 12.8. The molecule has 2 aliphatic heterocycles. The summed E-state index contributed by atoms with van der Waals surface area (Å²) in [6.45, 7) is 11.2. The lowest BCUT2D eigenvalue weighted by atomic mass is 9.72. The van der Waals surface area contributed by atoms with Crippen molar-refractivity contribution in [2.45, 2.75) is 12.8 Å². The average Bonchev–Trinajstić information content (AvgIpc) is 2.90. The Morgan fingerprint density at radius 1 is 1.10 bits per heavy atom. The molecule has 0 radical (unpaired) electrons. The van der Waals surface area contributed by atoms with E-state index in [2.05, 4.69) is 49.3 Å². The van der Waals surface area contributed by atoms with E-state index in [1.165, 1.54) is 12.3 Å². The van der Waals surface area contributed by atoms with Gasteiger partial charge in [-0.2, -0.15) is 4.98 Å². The van der Waals surface area contributed by atoms with Crippen LogP contribution in [0.25, 0.3) is 0 Å². The first kappa shape index (κ1) is 30.8. The van der Waals surface area contributed by atoms with E-state index in [-0.39, 0.29) is 18.3 Å². The standard InChI is InChI=1S/C29H35ClN7O2P.ClH/c1-5-26(38)33-23-16-20(10-11-24(23)37-14-12-29(13-15-37)18-36(2)19-29)32-28-31-17-21(30)27(35-28)34-22-8-6-7-9-25(22)40(3,4)39;/h5-11,16-17H,1,12-15,18-19H2,2-4H3,(H,33,38)(H2,31,32,34,35);1H. The van der Waals surface area contributed by atoms with Crippen molar-refractivity contribution in [2.75, 3.05) is 67.4 Å². The number of hydrogen-bond acceptors (Lipinski definition) is 8. The molecule has 0 aliphatic carbocycles. The fourth-order valence-electron chi connectivity index (χ4n) is 5.63. The molecule has 2 saturated heterocycles. The molecule has 218 valence electrons. The topological polar surface area (TPSA) is 102 Å². The zero-order chi connectivity index (χ0) is 28.5. The molecule has 2 aliphatic rings. The summed E-state index contributed by atoms with van der Waals surface area (Å²) < 4.78 is 12.8. The molecule has 2 aromatic carbocycles. The molecule has 0 bridgehead atoms. The number of carbonyl (C=O) groups is 1. The highest BCUT2D eigenvalue weighted by Gasteiger charge is 2.43. The number of aromatic nitrogens is 2. The highest BCUT2D eigenvalue weighted by Crippen LogP contribution is 2.42. The maximum Gasteiger partial charge on any atom is 0.247 e. The molecule has 3 heterocycles. The van der Waals surface area contributed by atoms with Crippen LogP contribution in [0.4, 0.5) is 34.5 Å². The third-order valence-corrected chi connectivity index (χ3v) is 9.38. The van der Waals surface area contributed by atoms with Crippen LogP contribution in [0.15, 0.2) is 61.3 Å². The predicted octanol–water partition coefficient (Wildman–Crippen LogP) is 5.94. The number of piperidine rings is 1. The van der Waals surface area contributed by atoms with Gasteiger partial charge in [0.25, 0.3) is 0 Å². The molecule has 9 nitrogen and oxygen atoms in total. The van der Waals surface area contributed by atoms with Gasteiger partial charge in [0.15, 0.2) is 5.82 Å². The molecule has 1 spiro atoms. The number of anilines is 6. The number of nitrogens with zero attached hydrogens (tertiary/aromatic N) is 4. The van der Waals surface area contributed by atoms with E-state index in [0.29, 0.717) is 44.6 Å². The molecule has 0 saturated carbocycles. The second-order valence-corrected chi connectivity index (χ2v) is 14.7. The number of amides is 1. The minimum Gasteiger partial charge on any atom is -0.370 e. The van der Waals surface area contributed by atoms with Gasteiger partial charge in [0.05, 0.1) is 23.3 Å². The van der Waals surface area contributed by atoms with Gasteiger partial charge in [0.1, 0.15) is 12.2 Å². The fraction of sp³-hybridized carbons (Fsp3) is 0.345. The van der Waals surface area contributed by atoms with Gasteiger partial charge in [-0.05, 0) is 75.0 Å². The molecule has 3 aromatic rings. The number of nitrogens with one attached hydrogen (secondary N) is 3. The lowest BCUT2D eigenvalue weighted by molar-refractivity contribution is -0.111. The maximum atomic E-state index is 12.8. The smallest absolute Gasteiger partial charge is 0.247 e. The Labute approximate surface area is 252 Å². The Kier molecular flexibility index (Phi) is 9.34. The van der Waals surface area contributed by atoms with Crippen LogP contribution in [-0.4, -0.2) is 67.3 Å². The second-order valence-electron chi connectivity index (χ2n) is 11.1. The van der Waals surface area contributed by atoms with Gasteiger partial charge < -0.3 is 30.3 Å². The zero-order valence-corrected chi connectivity index (χ0v) is 26.0. The van der Waals surface area contributed by atoms with E-state index in [4.69, 9.17) is 11.6 Å². The van der Waals surface area contributed by atoms with E-state index in [0.717, 1.165) is 44.7 Å². The first-order chi connectivity index (χ1) is 19.0. The number of benzene rings is 2. The van der Waals surface area contributed by atoms with Crippen molar-refractivity contribution in [2.24, 2.45) is 5.41 Å². The summed E-state index contributed by atoms with van der Waals surface area (Å²) in [4.78, 5) is 25.9. The minimum absolute atomic E-state index is 0. The summed E-state index contributed by atoms with van der Waals surface area (Å²) in [5, 5.41) is 10.4. The number of rotatable bonds is 8. The Hall–Kier alpha value is -3.10. The summed E-state index contributed by atoms with van der Waals surface area (Å²) in [7, 11) is -0.362. The Morgan fingerprint density at radius 2 is 1.80 bits per heavy atom. The third kappa shape index (κ3) is 7.04. The summed E-state index contributed by atoms with van der Waals surface area (Å²) in [6.07, 6.45) is 5.04. The molecule has 0 atom stereocenters. The summed E-state index contributed by atoms with van der Waals surface area (Å²) in [5.74, 6) is 0.439. The molecule has 1 aromatic heterocycles. The van der Waals surface area contributed by atoms with Gasteiger partial charge in [-0.3, -0.25) is 4.79 Å². The number of hydrogen-bond donors (Lipinski definition) is 3. The Bertz CT molecular complexity index is 1480. The van der Waals surface area contributed by atoms with E-state index in [1.54, 1.807) is 13.3 Å². The lowest BCUT2D eigenvalue weighted by Gasteiger charge is -2.53. The number of likely N-dealkylation sites (tertiary alicyclic amines) is 1. The van der Waals surface area contributed by atoms with Crippen LogP contribution in [-0.2, 0) is 9.36 Å². The van der Waals surface area contributed by atoms with E-state index >= 15 is 0 Å². The Balaban J connectivity index is 0.00000387. The SMILES string of the molecule is C=CC(=O)Nc1cc(Nc2ncc(Cl)c(Nc3ccccc3P(C)(C)=O)n2)ccc1N1CCC2(CC1)CN(C)C2.Cl. The number of carbonyl (C=O) groups excluding carboxylic acids is 1. The third-order valence-electron chi connectivity index (χ3n) is 7.55. The fourth-order valence-corrected chi connectivity index (χ4v) is 6.93. The minimum atomic E-state index is -2.53. The van der Waals surface area contributed by atoms with Gasteiger partial charge in [-0.1, -0.05) is 30.3 Å². The predicted molar refractivity (Wildman–Crippen MR) is 173 cm³/mol. The van der Waals surface area contributed by atoms with Crippen molar-refractivity contribution >= 4 is 76.9 Å². The van der Waals surface area contributed by atoms with Crippen LogP contribution in [0.3, 0.4) is 0 Å². The van der Waals surface area contributed by atoms with Crippen LogP contribution in [0.2, 0.25) is 5.02 Å². The molecular weight excluding hydrogens is 580 g/mol. The van der Waals surface area contributed by atoms with Gasteiger partial charge in [0, 0.05) is 37.2 Å². The Morgan fingerprint density at radius 3 is 2.46 bits per heavy atom. The van der Waals surface area contributed by atoms with Gasteiger partial charge in [-0.15, -0.1) is 12.4 Å². The van der Waals surface area contributed by atoms with Crippen molar-refractivity contribution in [3.05, 3.63) is 66.3 Å². The average molecular weight is 617 g/mol. The van der Waals surface area contributed by atoms with Gasteiger partial charge in [0.2, 0.25) is 11.9 Å². The molecular formula is C29H36Cl2N7O2P. The van der Waals surface area contributed by atoms with Crippen molar-refractivity contribution in [1.82, 2.24) is 14.9 Å². The molecule has 2 fully saturated rings. The normalized spacial score (nSPS) is 16.3. The second kappa shape index (κ2) is 12.4. The molecule has 12 heteroatoms. The van der Waals surface area contributed by atoms with Crippen molar-refractivity contribution in [1.29, 1.82) is 0 Å². The van der Waals surface area contributed by atoms with Crippen molar-refractivity contribution in [3.8, 4) is 0 Å². The highest BCUT2D eigenvalue weighted by atomic mass is 35.5. The van der Waals surface area contributed by atoms with Gasteiger partial charge >= 0.3 is 0 Å². The molecule has 41 heavy (non-hydrogen) atoms. The van der Waals surface area contributed by atoms with Crippen LogP contribution < -0.4 is 26.2 Å². The van der Waals surface area contributed by atoms with Crippen molar-refractivity contribution in [3.63, 3.8) is 0 Å². The molecule has 1 amide bonds. The molecule has 5 rings (SSSR count). The first-order valence-corrected chi connectivity index (χ1v) is 16.3. The quantitative estimate of drug-likeness (QED) is 0.211. The van der Waals surface area contributed by atoms with Gasteiger partial charge in [-0.25, -0.2) is 4.98 Å². The molecule has 0 unspecified atom stereocenters. The zero-order valence-electron chi connectivity index (χ0n) is 23.5. The van der Waals surface area contributed by atoms with Crippen molar-refractivity contribution < 1.29 is 9.36 Å². The monoisotopic (exact) mass is 615 g/mol. The largest absolute Gasteiger partial charge is 0.370 e.